The molecule has 0 atom stereocenters. The number of rotatable bonds is 6. The van der Waals surface area contributed by atoms with E-state index in [-0.39, 0.29) is 10.7 Å². The van der Waals surface area contributed by atoms with Crippen molar-refractivity contribution in [3.63, 3.8) is 0 Å². The van der Waals surface area contributed by atoms with Gasteiger partial charge in [0.05, 0.1) is 16.4 Å². The van der Waals surface area contributed by atoms with Crippen LogP contribution in [-0.2, 0) is 16.2 Å². The number of nitrogens with zero attached hydrogens (tertiary/aromatic N) is 1. The minimum Gasteiger partial charge on any atom is -0.493 e. The number of hydrogen-bond donors (Lipinski definition) is 1. The highest BCUT2D eigenvalue weighted by molar-refractivity contribution is 14.1. The number of para-hydroxylation sites is 1. The van der Waals surface area contributed by atoms with Gasteiger partial charge in [-0.15, -0.1) is 0 Å². The molecule has 0 aromatic heterocycles. The van der Waals surface area contributed by atoms with E-state index in [0.717, 1.165) is 9.13 Å². The maximum atomic E-state index is 13.2. The van der Waals surface area contributed by atoms with Crippen LogP contribution in [0.25, 0.3) is 6.08 Å². The summed E-state index contributed by atoms with van der Waals surface area (Å²) in [7, 11) is 1.53. The highest BCUT2D eigenvalue weighted by Gasteiger charge is 2.34. The highest BCUT2D eigenvalue weighted by Crippen LogP contribution is 2.35. The Bertz CT molecular complexity index is 1310. The van der Waals surface area contributed by atoms with Gasteiger partial charge in [-0.2, -0.15) is 0 Å². The van der Waals surface area contributed by atoms with E-state index in [2.05, 4.69) is 27.9 Å². The largest absolute Gasteiger partial charge is 0.493 e. The summed E-state index contributed by atoms with van der Waals surface area (Å²) in [6.07, 6.45) is 1.51. The van der Waals surface area contributed by atoms with Crippen LogP contribution in [0.3, 0.4) is 0 Å². The number of carbonyl (C=O) groups is 2. The maximum Gasteiger partial charge on any atom is 0.270 e. The predicted octanol–water partition coefficient (Wildman–Crippen LogP) is 5.36. The zero-order chi connectivity index (χ0) is 24.2. The van der Waals surface area contributed by atoms with Crippen molar-refractivity contribution in [3.8, 4) is 11.5 Å². The maximum absolute atomic E-state index is 13.2. The summed E-state index contributed by atoms with van der Waals surface area (Å²) in [6.45, 7) is 0.303. The van der Waals surface area contributed by atoms with E-state index in [1.807, 2.05) is 30.3 Å². The lowest BCUT2D eigenvalue weighted by molar-refractivity contribution is -0.122. The molecule has 1 heterocycles. The number of ether oxygens (including phenoxy) is 2. The number of anilines is 1. The van der Waals surface area contributed by atoms with Crippen molar-refractivity contribution in [1.82, 2.24) is 5.32 Å². The summed E-state index contributed by atoms with van der Waals surface area (Å²) in [5.74, 6) is -0.0377. The summed E-state index contributed by atoms with van der Waals surface area (Å²) < 4.78 is 12.3. The number of nitrogens with one attached hydrogen (secondary N) is 1. The molecule has 1 fully saturated rings. The fourth-order valence-corrected chi connectivity index (χ4v) is 4.66. The number of halogens is 2. The number of carbonyl (C=O) groups excluding carboxylic acids is 2. The topological polar surface area (TPSA) is 67.9 Å². The normalized spacial score (nSPS) is 14.9. The summed E-state index contributed by atoms with van der Waals surface area (Å²) in [5.41, 5.74) is 2.05. The van der Waals surface area contributed by atoms with Crippen molar-refractivity contribution in [2.24, 2.45) is 0 Å². The van der Waals surface area contributed by atoms with Crippen molar-refractivity contribution in [2.75, 3.05) is 12.0 Å². The lowest BCUT2D eigenvalue weighted by Crippen LogP contribution is -2.54. The Labute approximate surface area is 220 Å². The number of hydrogen-bond acceptors (Lipinski definition) is 5. The lowest BCUT2D eigenvalue weighted by atomic mass is 10.1. The van der Waals surface area contributed by atoms with E-state index in [0.29, 0.717) is 34.4 Å². The number of methoxy groups -OCH3 is 1. The number of thiocarbonyl (C=S) groups is 1. The second kappa shape index (κ2) is 10.5. The predicted molar refractivity (Wildman–Crippen MR) is 144 cm³/mol. The van der Waals surface area contributed by atoms with Gasteiger partial charge < -0.3 is 9.47 Å². The van der Waals surface area contributed by atoms with Gasteiger partial charge in [0.15, 0.2) is 16.6 Å². The van der Waals surface area contributed by atoms with Gasteiger partial charge >= 0.3 is 0 Å². The second-order valence-corrected chi connectivity index (χ2v) is 9.23. The van der Waals surface area contributed by atoms with E-state index >= 15 is 0 Å². The van der Waals surface area contributed by atoms with Gasteiger partial charge in [-0.3, -0.25) is 19.8 Å². The van der Waals surface area contributed by atoms with Gasteiger partial charge in [-0.25, -0.2) is 0 Å². The van der Waals surface area contributed by atoms with Crippen molar-refractivity contribution >= 4 is 75.1 Å². The molecule has 3 aromatic rings. The van der Waals surface area contributed by atoms with Gasteiger partial charge in [0.1, 0.15) is 12.2 Å². The van der Waals surface area contributed by atoms with Crippen LogP contribution in [0, 0.1) is 3.57 Å². The Hall–Kier alpha value is -2.95. The van der Waals surface area contributed by atoms with Crippen LogP contribution in [-0.4, -0.2) is 24.0 Å². The number of amides is 2. The average molecular weight is 605 g/mol. The third-order valence-electron chi connectivity index (χ3n) is 4.95. The molecule has 0 spiro atoms. The molecule has 1 N–H and O–H groups in total. The molecule has 172 valence electrons. The average Bonchev–Trinajstić information content (AvgIpc) is 2.81. The standard InChI is InChI=1S/C25H18ClIN2O4S/c1-32-21-13-16(12-20(27)22(21)33-14-15-6-5-7-17(26)10-15)11-19-23(30)28-25(34)29(24(19)31)18-8-3-2-4-9-18/h2-13H,14H2,1H3,(H,28,30,34)/b19-11-. The highest BCUT2D eigenvalue weighted by atomic mass is 127. The van der Waals surface area contributed by atoms with E-state index in [1.165, 1.54) is 18.1 Å². The Morgan fingerprint density at radius 2 is 1.85 bits per heavy atom. The lowest BCUT2D eigenvalue weighted by Gasteiger charge is -2.28. The van der Waals surface area contributed by atoms with Gasteiger partial charge in [0.2, 0.25) is 0 Å². The molecular formula is C25H18ClIN2O4S. The smallest absolute Gasteiger partial charge is 0.270 e. The van der Waals surface area contributed by atoms with Gasteiger partial charge in [-0.05, 0) is 88.4 Å². The zero-order valence-corrected chi connectivity index (χ0v) is 21.6. The molecule has 6 nitrogen and oxygen atoms in total. The van der Waals surface area contributed by atoms with Crippen molar-refractivity contribution < 1.29 is 19.1 Å². The molecule has 1 aliphatic heterocycles. The first kappa shape index (κ1) is 24.2. The Morgan fingerprint density at radius 3 is 2.56 bits per heavy atom. The Balaban J connectivity index is 1.64. The van der Waals surface area contributed by atoms with Crippen LogP contribution in [0.15, 0.2) is 72.3 Å². The minimum absolute atomic E-state index is 0.0373. The molecule has 1 aliphatic rings. The Kier molecular flexibility index (Phi) is 7.50. The molecule has 0 unspecified atom stereocenters. The molecule has 3 aromatic carbocycles. The van der Waals surface area contributed by atoms with Gasteiger partial charge in [-0.1, -0.05) is 41.9 Å². The van der Waals surface area contributed by atoms with E-state index in [4.69, 9.17) is 33.3 Å². The Morgan fingerprint density at radius 1 is 1.09 bits per heavy atom. The van der Waals surface area contributed by atoms with Crippen LogP contribution >= 0.6 is 46.4 Å². The van der Waals surface area contributed by atoms with Gasteiger partial charge in [0, 0.05) is 5.02 Å². The minimum atomic E-state index is -0.558. The van der Waals surface area contributed by atoms with E-state index < -0.39 is 11.8 Å². The van der Waals surface area contributed by atoms with Crippen LogP contribution in [0.4, 0.5) is 5.69 Å². The molecule has 2 amide bonds. The molecule has 0 bridgehead atoms. The summed E-state index contributed by atoms with van der Waals surface area (Å²) in [6, 6.07) is 19.8. The van der Waals surface area contributed by atoms with Crippen LogP contribution in [0.2, 0.25) is 5.02 Å². The third-order valence-corrected chi connectivity index (χ3v) is 6.27. The number of benzene rings is 3. The zero-order valence-electron chi connectivity index (χ0n) is 17.9. The molecule has 1 saturated heterocycles. The van der Waals surface area contributed by atoms with Crippen LogP contribution < -0.4 is 19.7 Å². The molecule has 0 aliphatic carbocycles. The van der Waals surface area contributed by atoms with Crippen LogP contribution in [0.5, 0.6) is 11.5 Å². The first-order chi connectivity index (χ1) is 16.4. The second-order valence-electron chi connectivity index (χ2n) is 7.25. The van der Waals surface area contributed by atoms with Crippen molar-refractivity contribution in [2.45, 2.75) is 6.61 Å². The fraction of sp³-hybridized carbons (Fsp3) is 0.0800. The molecule has 0 radical (unpaired) electrons. The van der Waals surface area contributed by atoms with E-state index in [1.54, 1.807) is 36.4 Å². The summed E-state index contributed by atoms with van der Waals surface area (Å²) in [4.78, 5) is 27.1. The van der Waals surface area contributed by atoms with Gasteiger partial charge in [0.25, 0.3) is 11.8 Å². The molecular weight excluding hydrogens is 587 g/mol. The molecule has 9 heteroatoms. The molecule has 4 rings (SSSR count). The summed E-state index contributed by atoms with van der Waals surface area (Å²) in [5, 5.41) is 3.25. The SMILES string of the molecule is COc1cc(/C=C2/C(=O)NC(=S)N(c3ccccc3)C2=O)cc(I)c1OCc1cccc(Cl)c1. The quantitative estimate of drug-likeness (QED) is 0.178. The monoisotopic (exact) mass is 604 g/mol. The van der Waals surface area contributed by atoms with E-state index in [9.17, 15) is 9.59 Å². The first-order valence-electron chi connectivity index (χ1n) is 10.1. The van der Waals surface area contributed by atoms with Crippen molar-refractivity contribution in [3.05, 3.63) is 92.0 Å². The molecule has 34 heavy (non-hydrogen) atoms. The first-order valence-corrected chi connectivity index (χ1v) is 11.9. The van der Waals surface area contributed by atoms with Crippen LogP contribution in [0.1, 0.15) is 11.1 Å². The van der Waals surface area contributed by atoms with Crippen molar-refractivity contribution in [1.29, 1.82) is 0 Å². The fourth-order valence-electron chi connectivity index (χ4n) is 3.38. The molecule has 0 saturated carbocycles. The summed E-state index contributed by atoms with van der Waals surface area (Å²) >= 11 is 13.4. The third kappa shape index (κ3) is 5.24.